The lowest BCUT2D eigenvalue weighted by molar-refractivity contribution is -0.519. The Labute approximate surface area is 84.5 Å². The Morgan fingerprint density at radius 2 is 1.19 bits per heavy atom. The van der Waals surface area contributed by atoms with Crippen molar-refractivity contribution >= 4 is 7.32 Å². The molecule has 2 rings (SSSR count). The third-order valence-electron chi connectivity index (χ3n) is 1.62. The van der Waals surface area contributed by atoms with Crippen LogP contribution in [0.4, 0.5) is 22.0 Å². The van der Waals surface area contributed by atoms with Crippen molar-refractivity contribution in [1.29, 1.82) is 0 Å². The maximum atomic E-state index is 12.9. The zero-order chi connectivity index (χ0) is 11.9. The van der Waals surface area contributed by atoms with Crippen LogP contribution in [0, 0.1) is 29.1 Å². The predicted molar refractivity (Wildman–Crippen MR) is 35.9 cm³/mol. The molecule has 1 fully saturated rings. The molecule has 16 heavy (non-hydrogen) atoms. The van der Waals surface area contributed by atoms with Gasteiger partial charge in [0.15, 0.2) is 5.75 Å². The van der Waals surface area contributed by atoms with Crippen LogP contribution in [-0.2, 0) is 14.6 Å². The fourth-order valence-electron chi connectivity index (χ4n) is 0.895. The van der Waals surface area contributed by atoms with E-state index in [0.717, 1.165) is 0 Å². The highest BCUT2D eigenvalue weighted by Gasteiger charge is 2.41. The minimum absolute atomic E-state index is 1.51. The van der Waals surface area contributed by atoms with Crippen molar-refractivity contribution in [1.82, 2.24) is 0 Å². The van der Waals surface area contributed by atoms with Gasteiger partial charge in [0.1, 0.15) is 0 Å². The molecular formula is C6BF5O4. The first kappa shape index (κ1) is 11.1. The van der Waals surface area contributed by atoms with Crippen LogP contribution >= 0.6 is 0 Å². The zero-order valence-corrected chi connectivity index (χ0v) is 7.10. The second-order valence-corrected chi connectivity index (χ2v) is 2.57. The fraction of sp³-hybridized carbons (Fsp3) is 0. The zero-order valence-electron chi connectivity index (χ0n) is 7.10. The van der Waals surface area contributed by atoms with Crippen LogP contribution < -0.4 is 4.65 Å². The highest BCUT2D eigenvalue weighted by atomic mass is 19.2. The molecule has 0 aromatic heterocycles. The molecule has 0 amide bonds. The van der Waals surface area contributed by atoms with Crippen molar-refractivity contribution in [2.45, 2.75) is 0 Å². The quantitative estimate of drug-likeness (QED) is 0.259. The summed E-state index contributed by atoms with van der Waals surface area (Å²) in [6.45, 7) is 0. The molecule has 1 saturated heterocycles. The Hall–Kier alpha value is -1.39. The molecule has 1 aliphatic heterocycles. The molecule has 0 N–H and O–H groups in total. The van der Waals surface area contributed by atoms with Gasteiger partial charge in [-0.3, -0.25) is 0 Å². The summed E-state index contributed by atoms with van der Waals surface area (Å²) in [5.74, 6) is -12.3. The molecular weight excluding hydrogens is 242 g/mol. The monoisotopic (exact) mass is 242 g/mol. The van der Waals surface area contributed by atoms with E-state index in [0.29, 0.717) is 0 Å². The van der Waals surface area contributed by atoms with Crippen LogP contribution in [-0.4, -0.2) is 7.32 Å². The summed E-state index contributed by atoms with van der Waals surface area (Å²) in [6, 6.07) is 0. The molecule has 0 radical (unpaired) electrons. The van der Waals surface area contributed by atoms with E-state index in [2.05, 4.69) is 19.3 Å². The van der Waals surface area contributed by atoms with E-state index in [1.165, 1.54) is 0 Å². The summed E-state index contributed by atoms with van der Waals surface area (Å²) in [6.07, 6.45) is 0. The van der Waals surface area contributed by atoms with Gasteiger partial charge in [-0.1, -0.05) is 5.04 Å². The van der Waals surface area contributed by atoms with Crippen molar-refractivity contribution < 1.29 is 41.3 Å². The third-order valence-corrected chi connectivity index (χ3v) is 1.62. The Bertz CT molecular complexity index is 408. The Balaban J connectivity index is 2.42. The van der Waals surface area contributed by atoms with Gasteiger partial charge in [0.2, 0.25) is 29.1 Å². The first-order valence-corrected chi connectivity index (χ1v) is 3.69. The molecule has 0 atom stereocenters. The molecule has 1 aromatic carbocycles. The van der Waals surface area contributed by atoms with Gasteiger partial charge in [-0.15, -0.1) is 0 Å². The SMILES string of the molecule is Fc1c(F)c(F)c(OB2OOO2)c(F)c1F. The lowest BCUT2D eigenvalue weighted by Gasteiger charge is -2.19. The van der Waals surface area contributed by atoms with Crippen LogP contribution in [0.3, 0.4) is 0 Å². The number of hydrogen-bond donors (Lipinski definition) is 0. The standard InChI is InChI=1S/C6BF5O4/c8-1-2(9)4(11)6(5(12)3(1)10)13-7-14-16-15-7. The van der Waals surface area contributed by atoms with E-state index in [4.69, 9.17) is 0 Å². The normalized spacial score (nSPS) is 14.9. The summed E-state index contributed by atoms with van der Waals surface area (Å²) >= 11 is 0. The number of halogens is 5. The van der Waals surface area contributed by atoms with Crippen LogP contribution in [0.1, 0.15) is 0 Å². The summed E-state index contributed by atoms with van der Waals surface area (Å²) in [7, 11) is -1.69. The maximum Gasteiger partial charge on any atom is 0.775 e. The van der Waals surface area contributed by atoms with Gasteiger partial charge in [0, 0.05) is 0 Å². The Morgan fingerprint density at radius 3 is 1.56 bits per heavy atom. The summed E-state index contributed by atoms with van der Waals surface area (Å²) < 4.78 is 67.8. The van der Waals surface area contributed by atoms with Gasteiger partial charge >= 0.3 is 7.32 Å². The third kappa shape index (κ3) is 1.60. The van der Waals surface area contributed by atoms with Gasteiger partial charge in [0.25, 0.3) is 0 Å². The number of benzene rings is 1. The van der Waals surface area contributed by atoms with Gasteiger partial charge < -0.3 is 4.65 Å². The van der Waals surface area contributed by atoms with Crippen LogP contribution in [0.5, 0.6) is 5.75 Å². The van der Waals surface area contributed by atoms with Crippen LogP contribution in [0.15, 0.2) is 0 Å². The molecule has 0 spiro atoms. The van der Waals surface area contributed by atoms with Gasteiger partial charge in [-0.2, -0.15) is 18.4 Å². The minimum atomic E-state index is -2.28. The van der Waals surface area contributed by atoms with E-state index in [1.807, 2.05) is 0 Å². The summed E-state index contributed by atoms with van der Waals surface area (Å²) in [5.41, 5.74) is 0. The summed E-state index contributed by atoms with van der Waals surface area (Å²) in [4.78, 5) is 7.88. The van der Waals surface area contributed by atoms with Crippen molar-refractivity contribution in [3.8, 4) is 5.75 Å². The van der Waals surface area contributed by atoms with Gasteiger partial charge in [0.05, 0.1) is 0 Å². The van der Waals surface area contributed by atoms with Gasteiger partial charge in [-0.05, 0) is 0 Å². The minimum Gasteiger partial charge on any atom is -0.504 e. The van der Waals surface area contributed by atoms with Crippen molar-refractivity contribution in [2.24, 2.45) is 0 Å². The lowest BCUT2D eigenvalue weighted by atomic mass is 10.2. The molecule has 0 aliphatic carbocycles. The molecule has 1 heterocycles. The molecule has 4 nitrogen and oxygen atoms in total. The first-order chi connectivity index (χ1) is 7.52. The molecule has 86 valence electrons. The predicted octanol–water partition coefficient (Wildman–Crippen LogP) is 1.64. The molecule has 0 bridgehead atoms. The average molecular weight is 242 g/mol. The fourth-order valence-corrected chi connectivity index (χ4v) is 0.895. The van der Waals surface area contributed by atoms with Crippen molar-refractivity contribution in [3.05, 3.63) is 29.1 Å². The van der Waals surface area contributed by atoms with E-state index in [9.17, 15) is 22.0 Å². The second-order valence-electron chi connectivity index (χ2n) is 2.57. The van der Waals surface area contributed by atoms with Crippen molar-refractivity contribution in [3.63, 3.8) is 0 Å². The number of rotatable bonds is 2. The Kier molecular flexibility index (Phi) is 2.70. The smallest absolute Gasteiger partial charge is 0.504 e. The second kappa shape index (κ2) is 3.89. The summed E-state index contributed by atoms with van der Waals surface area (Å²) in [5, 5.41) is 3.64. The lowest BCUT2D eigenvalue weighted by Crippen LogP contribution is -2.40. The average Bonchev–Trinajstić information content (AvgIpc) is 2.21. The topological polar surface area (TPSA) is 36.9 Å². The van der Waals surface area contributed by atoms with Crippen LogP contribution in [0.25, 0.3) is 0 Å². The highest BCUT2D eigenvalue weighted by molar-refractivity contribution is 6.38. The van der Waals surface area contributed by atoms with E-state index < -0.39 is 42.2 Å². The molecule has 10 heteroatoms. The van der Waals surface area contributed by atoms with E-state index in [1.54, 1.807) is 0 Å². The van der Waals surface area contributed by atoms with E-state index in [-0.39, 0.29) is 0 Å². The molecule has 1 aromatic rings. The molecule has 1 aliphatic rings. The highest BCUT2D eigenvalue weighted by Crippen LogP contribution is 2.30. The largest absolute Gasteiger partial charge is 0.775 e. The Morgan fingerprint density at radius 1 is 0.750 bits per heavy atom. The van der Waals surface area contributed by atoms with Gasteiger partial charge in [-0.25, -0.2) is 13.2 Å². The van der Waals surface area contributed by atoms with Crippen LogP contribution in [0.2, 0.25) is 0 Å². The number of hydrogen-bond acceptors (Lipinski definition) is 4. The molecule has 0 unspecified atom stereocenters. The molecule has 0 saturated carbocycles. The van der Waals surface area contributed by atoms with Crippen molar-refractivity contribution in [2.75, 3.05) is 0 Å². The van der Waals surface area contributed by atoms with E-state index >= 15 is 0 Å². The maximum absolute atomic E-state index is 12.9. The first-order valence-electron chi connectivity index (χ1n) is 3.69.